The van der Waals surface area contributed by atoms with Gasteiger partial charge in [-0.05, 0) is 63.0 Å². The molecule has 1 atom stereocenters. The predicted octanol–water partition coefficient (Wildman–Crippen LogP) is 2.69. The van der Waals surface area contributed by atoms with Crippen LogP contribution in [0.5, 0.6) is 0 Å². The number of aliphatic hydroxyl groups excluding tert-OH is 1. The molecule has 0 saturated carbocycles. The number of nitrogens with two attached hydrogens (primary N) is 1. The van der Waals surface area contributed by atoms with E-state index in [1.807, 2.05) is 24.3 Å². The summed E-state index contributed by atoms with van der Waals surface area (Å²) in [6.07, 6.45) is 3.72. The van der Waals surface area contributed by atoms with Gasteiger partial charge in [-0.15, -0.1) is 0 Å². The molecule has 3 nitrogen and oxygen atoms in total. The van der Waals surface area contributed by atoms with E-state index in [-0.39, 0.29) is 6.10 Å². The Bertz CT molecular complexity index is 374. The van der Waals surface area contributed by atoms with Gasteiger partial charge in [-0.3, -0.25) is 0 Å². The summed E-state index contributed by atoms with van der Waals surface area (Å²) < 4.78 is 1.05. The van der Waals surface area contributed by atoms with Crippen LogP contribution in [0, 0.1) is 0 Å². The predicted molar refractivity (Wildman–Crippen MR) is 82.0 cm³/mol. The Balaban J connectivity index is 1.69. The first kappa shape index (κ1) is 15.0. The van der Waals surface area contributed by atoms with Crippen molar-refractivity contribution in [2.24, 2.45) is 5.73 Å². The van der Waals surface area contributed by atoms with Gasteiger partial charge in [-0.2, -0.15) is 0 Å². The molecule has 1 fully saturated rings. The number of rotatable bonds is 5. The molecule has 0 bridgehead atoms. The van der Waals surface area contributed by atoms with Crippen LogP contribution in [-0.4, -0.2) is 35.7 Å². The van der Waals surface area contributed by atoms with E-state index in [0.29, 0.717) is 6.04 Å². The number of hydrogen-bond donors (Lipinski definition) is 2. The van der Waals surface area contributed by atoms with E-state index in [0.717, 1.165) is 55.4 Å². The standard InChI is InChI=1S/C15H23BrN2O/c16-13-5-3-12(4-6-13)15(19)2-1-9-18-10-7-14(17)8-11-18/h3-6,14-15,19H,1-2,7-11,17H2. The van der Waals surface area contributed by atoms with Crippen LogP contribution >= 0.6 is 15.9 Å². The third-order valence-corrected chi connectivity index (χ3v) is 4.37. The van der Waals surface area contributed by atoms with Crippen LogP contribution in [-0.2, 0) is 0 Å². The van der Waals surface area contributed by atoms with Crippen molar-refractivity contribution in [2.75, 3.05) is 19.6 Å². The number of likely N-dealkylation sites (tertiary alicyclic amines) is 1. The zero-order valence-electron chi connectivity index (χ0n) is 11.3. The van der Waals surface area contributed by atoms with Gasteiger partial charge >= 0.3 is 0 Å². The quantitative estimate of drug-likeness (QED) is 0.874. The van der Waals surface area contributed by atoms with Gasteiger partial charge in [0.2, 0.25) is 0 Å². The molecule has 1 aromatic rings. The van der Waals surface area contributed by atoms with Gasteiger partial charge < -0.3 is 15.7 Å². The highest BCUT2D eigenvalue weighted by molar-refractivity contribution is 9.10. The first-order valence-corrected chi connectivity index (χ1v) is 7.86. The molecular formula is C15H23BrN2O. The second-order valence-electron chi connectivity index (χ2n) is 5.39. The first-order valence-electron chi connectivity index (χ1n) is 7.06. The Hall–Kier alpha value is -0.420. The van der Waals surface area contributed by atoms with E-state index in [4.69, 9.17) is 5.73 Å². The summed E-state index contributed by atoms with van der Waals surface area (Å²) in [5, 5.41) is 10.1. The van der Waals surface area contributed by atoms with Gasteiger partial charge in [0.25, 0.3) is 0 Å². The zero-order chi connectivity index (χ0) is 13.7. The van der Waals surface area contributed by atoms with Crippen LogP contribution in [0.15, 0.2) is 28.7 Å². The van der Waals surface area contributed by atoms with Crippen LogP contribution in [0.4, 0.5) is 0 Å². The van der Waals surface area contributed by atoms with Crippen molar-refractivity contribution in [1.82, 2.24) is 4.90 Å². The van der Waals surface area contributed by atoms with Crippen molar-refractivity contribution in [1.29, 1.82) is 0 Å². The molecule has 2 rings (SSSR count). The molecule has 106 valence electrons. The van der Waals surface area contributed by atoms with Crippen molar-refractivity contribution in [3.63, 3.8) is 0 Å². The molecule has 0 spiro atoms. The van der Waals surface area contributed by atoms with Crippen molar-refractivity contribution >= 4 is 15.9 Å². The molecule has 19 heavy (non-hydrogen) atoms. The molecule has 1 unspecified atom stereocenters. The topological polar surface area (TPSA) is 49.5 Å². The minimum Gasteiger partial charge on any atom is -0.388 e. The van der Waals surface area contributed by atoms with E-state index < -0.39 is 0 Å². The van der Waals surface area contributed by atoms with Crippen molar-refractivity contribution in [3.05, 3.63) is 34.3 Å². The van der Waals surface area contributed by atoms with Crippen LogP contribution in [0.2, 0.25) is 0 Å². The Morgan fingerprint density at radius 1 is 1.26 bits per heavy atom. The fraction of sp³-hybridized carbons (Fsp3) is 0.600. The van der Waals surface area contributed by atoms with Gasteiger partial charge in [-0.25, -0.2) is 0 Å². The maximum atomic E-state index is 10.1. The minimum absolute atomic E-state index is 0.347. The second kappa shape index (κ2) is 7.39. The summed E-state index contributed by atoms with van der Waals surface area (Å²) in [7, 11) is 0. The van der Waals surface area contributed by atoms with E-state index in [9.17, 15) is 5.11 Å². The molecule has 0 radical (unpaired) electrons. The largest absolute Gasteiger partial charge is 0.388 e. The van der Waals surface area contributed by atoms with Gasteiger partial charge in [0.1, 0.15) is 0 Å². The van der Waals surface area contributed by atoms with Crippen molar-refractivity contribution in [2.45, 2.75) is 37.8 Å². The average molecular weight is 327 g/mol. The fourth-order valence-electron chi connectivity index (χ4n) is 2.54. The summed E-state index contributed by atoms with van der Waals surface area (Å²) in [4.78, 5) is 2.46. The molecule has 1 aromatic carbocycles. The molecular weight excluding hydrogens is 304 g/mol. The summed E-state index contributed by atoms with van der Waals surface area (Å²) >= 11 is 3.41. The number of piperidine rings is 1. The number of nitrogens with zero attached hydrogens (tertiary/aromatic N) is 1. The van der Waals surface area contributed by atoms with Gasteiger partial charge in [0, 0.05) is 10.5 Å². The van der Waals surface area contributed by atoms with E-state index >= 15 is 0 Å². The number of hydrogen-bond acceptors (Lipinski definition) is 3. The number of halogens is 1. The summed E-state index contributed by atoms with van der Waals surface area (Å²) in [5.41, 5.74) is 6.90. The molecule has 3 N–H and O–H groups in total. The maximum absolute atomic E-state index is 10.1. The highest BCUT2D eigenvalue weighted by atomic mass is 79.9. The lowest BCUT2D eigenvalue weighted by Gasteiger charge is -2.30. The minimum atomic E-state index is -0.347. The molecule has 1 aliphatic rings. The zero-order valence-corrected chi connectivity index (χ0v) is 12.8. The smallest absolute Gasteiger partial charge is 0.0790 e. The van der Waals surface area contributed by atoms with Gasteiger partial charge in [0.15, 0.2) is 0 Å². The van der Waals surface area contributed by atoms with Gasteiger partial charge in [-0.1, -0.05) is 28.1 Å². The highest BCUT2D eigenvalue weighted by Crippen LogP contribution is 2.21. The number of aliphatic hydroxyl groups is 1. The van der Waals surface area contributed by atoms with Crippen molar-refractivity contribution < 1.29 is 5.11 Å². The molecule has 1 aliphatic heterocycles. The Morgan fingerprint density at radius 2 is 1.89 bits per heavy atom. The Kier molecular flexibility index (Phi) is 5.82. The molecule has 4 heteroatoms. The summed E-state index contributed by atoms with van der Waals surface area (Å²) in [6, 6.07) is 8.31. The van der Waals surface area contributed by atoms with E-state index in [1.165, 1.54) is 0 Å². The monoisotopic (exact) mass is 326 g/mol. The normalized spacial score (nSPS) is 19.5. The van der Waals surface area contributed by atoms with Crippen LogP contribution in [0.25, 0.3) is 0 Å². The SMILES string of the molecule is NC1CCN(CCCC(O)c2ccc(Br)cc2)CC1. The van der Waals surface area contributed by atoms with E-state index in [1.54, 1.807) is 0 Å². The van der Waals surface area contributed by atoms with E-state index in [2.05, 4.69) is 20.8 Å². The fourth-order valence-corrected chi connectivity index (χ4v) is 2.80. The molecule has 1 saturated heterocycles. The average Bonchev–Trinajstić information content (AvgIpc) is 2.41. The van der Waals surface area contributed by atoms with Crippen LogP contribution in [0.3, 0.4) is 0 Å². The second-order valence-corrected chi connectivity index (χ2v) is 6.30. The summed E-state index contributed by atoms with van der Waals surface area (Å²) in [6.45, 7) is 3.28. The molecule has 1 heterocycles. The third-order valence-electron chi connectivity index (χ3n) is 3.84. The summed E-state index contributed by atoms with van der Waals surface area (Å²) in [5.74, 6) is 0. The number of benzene rings is 1. The molecule has 0 aliphatic carbocycles. The lowest BCUT2D eigenvalue weighted by atomic mass is 10.0. The Labute approximate surface area is 123 Å². The molecule has 0 aromatic heterocycles. The highest BCUT2D eigenvalue weighted by Gasteiger charge is 2.16. The Morgan fingerprint density at radius 3 is 2.53 bits per heavy atom. The third kappa shape index (κ3) is 4.88. The van der Waals surface area contributed by atoms with Crippen molar-refractivity contribution in [3.8, 4) is 0 Å². The maximum Gasteiger partial charge on any atom is 0.0790 e. The van der Waals surface area contributed by atoms with Gasteiger partial charge in [0.05, 0.1) is 6.10 Å². The first-order chi connectivity index (χ1) is 9.15. The van der Waals surface area contributed by atoms with Crippen LogP contribution in [0.1, 0.15) is 37.4 Å². The lowest BCUT2D eigenvalue weighted by molar-refractivity contribution is 0.148. The lowest BCUT2D eigenvalue weighted by Crippen LogP contribution is -2.40. The van der Waals surface area contributed by atoms with Crippen LogP contribution < -0.4 is 5.73 Å². The molecule has 0 amide bonds.